The number of hydrogen-bond acceptors (Lipinski definition) is 5. The van der Waals surface area contributed by atoms with Crippen molar-refractivity contribution in [2.24, 2.45) is 0 Å². The van der Waals surface area contributed by atoms with Crippen molar-refractivity contribution in [2.75, 3.05) is 6.54 Å². The Morgan fingerprint density at radius 2 is 1.17 bits per heavy atom. The summed E-state index contributed by atoms with van der Waals surface area (Å²) in [4.78, 5) is 0. The molecule has 6 nitrogen and oxygen atoms in total. The van der Waals surface area contributed by atoms with Crippen LogP contribution in [0.2, 0.25) is 0 Å². The van der Waals surface area contributed by atoms with Crippen LogP contribution in [0.4, 0.5) is 0 Å². The first-order valence-electron chi connectivity index (χ1n) is 6.67. The Labute approximate surface area is 110 Å². The Kier molecular flexibility index (Phi) is 7.28. The van der Waals surface area contributed by atoms with Gasteiger partial charge < -0.3 is 20.4 Å². The van der Waals surface area contributed by atoms with E-state index in [4.69, 9.17) is 0 Å². The second-order valence-corrected chi connectivity index (χ2v) is 4.62. The predicted octanol–water partition coefficient (Wildman–Crippen LogP) is 0.174. The molecule has 18 heavy (non-hydrogen) atoms. The molecule has 6 heteroatoms. The molecule has 0 aromatic carbocycles. The SMILES string of the molecule is CCC(O)N(C(O)CC)[N+](CC)(C(C)O)C(C)O. The van der Waals surface area contributed by atoms with Gasteiger partial charge in [-0.25, -0.2) is 0 Å². The van der Waals surface area contributed by atoms with E-state index in [1.54, 1.807) is 34.6 Å². The molecule has 0 aromatic heterocycles. The zero-order valence-electron chi connectivity index (χ0n) is 12.1. The van der Waals surface area contributed by atoms with Gasteiger partial charge in [0.2, 0.25) is 12.5 Å². The van der Waals surface area contributed by atoms with Gasteiger partial charge in [-0.15, -0.1) is 0 Å². The zero-order chi connectivity index (χ0) is 14.5. The predicted molar refractivity (Wildman–Crippen MR) is 68.6 cm³/mol. The Bertz CT molecular complexity index is 218. The van der Waals surface area contributed by atoms with Gasteiger partial charge in [-0.1, -0.05) is 18.9 Å². The average Bonchev–Trinajstić information content (AvgIpc) is 2.33. The summed E-state index contributed by atoms with van der Waals surface area (Å²) in [6, 6.07) is 0. The number of rotatable bonds is 8. The van der Waals surface area contributed by atoms with Crippen LogP contribution in [-0.2, 0) is 0 Å². The van der Waals surface area contributed by atoms with Crippen molar-refractivity contribution >= 4 is 0 Å². The lowest BCUT2D eigenvalue weighted by atomic mass is 10.3. The first-order chi connectivity index (χ1) is 8.29. The van der Waals surface area contributed by atoms with Crippen LogP contribution in [0, 0.1) is 0 Å². The molecule has 110 valence electrons. The fourth-order valence-corrected chi connectivity index (χ4v) is 2.46. The lowest BCUT2D eigenvalue weighted by molar-refractivity contribution is -1.11. The number of hydrogen-bond donors (Lipinski definition) is 4. The number of aliphatic hydroxyl groups excluding tert-OH is 4. The Morgan fingerprint density at radius 1 is 0.833 bits per heavy atom. The average molecular weight is 265 g/mol. The molecule has 0 rings (SSSR count). The summed E-state index contributed by atoms with van der Waals surface area (Å²) in [5.74, 6) is 0. The van der Waals surface area contributed by atoms with E-state index in [2.05, 4.69) is 0 Å². The maximum Gasteiger partial charge on any atom is 0.207 e. The number of nitrogens with zero attached hydrogens (tertiary/aromatic N) is 2. The Balaban J connectivity index is 5.60. The van der Waals surface area contributed by atoms with Gasteiger partial charge in [-0.2, -0.15) is 4.59 Å². The minimum atomic E-state index is -0.933. The van der Waals surface area contributed by atoms with Gasteiger partial charge >= 0.3 is 0 Å². The van der Waals surface area contributed by atoms with E-state index in [1.807, 2.05) is 0 Å². The van der Waals surface area contributed by atoms with Crippen LogP contribution < -0.4 is 0 Å². The van der Waals surface area contributed by atoms with Crippen LogP contribution in [-0.4, -0.2) is 61.5 Å². The van der Waals surface area contributed by atoms with Crippen LogP contribution in [0.15, 0.2) is 0 Å². The van der Waals surface area contributed by atoms with Crippen molar-refractivity contribution in [2.45, 2.75) is 72.4 Å². The molecule has 0 spiro atoms. The minimum absolute atomic E-state index is 0.274. The highest BCUT2D eigenvalue weighted by molar-refractivity contribution is 4.58. The molecule has 0 fully saturated rings. The molecule has 0 bridgehead atoms. The van der Waals surface area contributed by atoms with Crippen molar-refractivity contribution in [1.29, 1.82) is 0 Å². The highest BCUT2D eigenvalue weighted by Gasteiger charge is 2.48. The van der Waals surface area contributed by atoms with Crippen LogP contribution in [0.1, 0.15) is 47.5 Å². The van der Waals surface area contributed by atoms with E-state index < -0.39 is 24.9 Å². The van der Waals surface area contributed by atoms with E-state index in [1.165, 1.54) is 5.01 Å². The molecule has 0 radical (unpaired) electrons. The third-order valence-electron chi connectivity index (χ3n) is 3.57. The van der Waals surface area contributed by atoms with Gasteiger partial charge in [-0.3, -0.25) is 0 Å². The van der Waals surface area contributed by atoms with E-state index in [0.717, 1.165) is 0 Å². The summed E-state index contributed by atoms with van der Waals surface area (Å²) in [7, 11) is 0. The summed E-state index contributed by atoms with van der Waals surface area (Å²) in [6.45, 7) is 8.84. The lowest BCUT2D eigenvalue weighted by Gasteiger charge is -2.51. The molecule has 0 aliphatic carbocycles. The molecule has 0 heterocycles. The lowest BCUT2D eigenvalue weighted by Crippen LogP contribution is -2.73. The van der Waals surface area contributed by atoms with E-state index in [0.29, 0.717) is 19.4 Å². The standard InChI is InChI=1S/C12H29N2O4/c1-6-11(17)13(12(18)7-2)14(8-3,9(4)15)10(5)16/h9-12,15-18H,6-8H2,1-5H3/q+1. The molecule has 0 amide bonds. The van der Waals surface area contributed by atoms with Crippen molar-refractivity contribution < 1.29 is 25.0 Å². The molecule has 0 aromatic rings. The maximum atomic E-state index is 10.1. The third-order valence-corrected chi connectivity index (χ3v) is 3.57. The van der Waals surface area contributed by atoms with Crippen molar-refractivity contribution in [3.8, 4) is 0 Å². The third kappa shape index (κ3) is 3.20. The first-order valence-corrected chi connectivity index (χ1v) is 6.67. The summed E-state index contributed by atoms with van der Waals surface area (Å²) < 4.78 is -0.274. The molecule has 4 N–H and O–H groups in total. The van der Waals surface area contributed by atoms with Gasteiger partial charge in [0.15, 0.2) is 12.5 Å². The van der Waals surface area contributed by atoms with Gasteiger partial charge in [0.1, 0.15) is 0 Å². The molecular formula is C12H29N2O4+. The molecule has 4 unspecified atom stereocenters. The van der Waals surface area contributed by atoms with Crippen molar-refractivity contribution in [1.82, 2.24) is 5.01 Å². The monoisotopic (exact) mass is 265 g/mol. The topological polar surface area (TPSA) is 84.2 Å². The van der Waals surface area contributed by atoms with Crippen LogP contribution in [0.5, 0.6) is 0 Å². The van der Waals surface area contributed by atoms with Gasteiger partial charge in [0.25, 0.3) is 0 Å². The van der Waals surface area contributed by atoms with Crippen molar-refractivity contribution in [3.63, 3.8) is 0 Å². The second kappa shape index (κ2) is 7.37. The number of aliphatic hydroxyl groups is 4. The molecule has 0 saturated carbocycles. The largest absolute Gasteiger partial charge is 0.373 e. The second-order valence-electron chi connectivity index (χ2n) is 4.62. The molecule has 0 aliphatic heterocycles. The van der Waals surface area contributed by atoms with Crippen LogP contribution in [0.25, 0.3) is 0 Å². The van der Waals surface area contributed by atoms with Crippen molar-refractivity contribution in [3.05, 3.63) is 0 Å². The minimum Gasteiger partial charge on any atom is -0.373 e. The molecular weight excluding hydrogens is 236 g/mol. The highest BCUT2D eigenvalue weighted by atomic mass is 16.4. The number of quaternary nitrogens is 1. The van der Waals surface area contributed by atoms with Gasteiger partial charge in [0.05, 0.1) is 6.54 Å². The fourth-order valence-electron chi connectivity index (χ4n) is 2.46. The summed E-state index contributed by atoms with van der Waals surface area (Å²) in [5.41, 5.74) is 0. The highest BCUT2D eigenvalue weighted by Crippen LogP contribution is 2.26. The molecule has 0 saturated heterocycles. The quantitative estimate of drug-likeness (QED) is 0.286. The first kappa shape index (κ1) is 17.8. The van der Waals surface area contributed by atoms with Gasteiger partial charge in [0, 0.05) is 13.8 Å². The maximum absolute atomic E-state index is 10.1. The smallest absolute Gasteiger partial charge is 0.207 e. The van der Waals surface area contributed by atoms with E-state index in [9.17, 15) is 20.4 Å². The molecule has 0 aliphatic rings. The normalized spacial score (nSPS) is 22.3. The Hall–Kier alpha value is -0.240. The molecule has 4 atom stereocenters. The van der Waals surface area contributed by atoms with Crippen LogP contribution >= 0.6 is 0 Å². The summed E-state index contributed by atoms with van der Waals surface area (Å²) in [6.07, 6.45) is -2.92. The fraction of sp³-hybridized carbons (Fsp3) is 1.00. The van der Waals surface area contributed by atoms with Crippen LogP contribution in [0.3, 0.4) is 0 Å². The Morgan fingerprint density at radius 3 is 1.33 bits per heavy atom. The van der Waals surface area contributed by atoms with Gasteiger partial charge in [-0.05, 0) is 19.8 Å². The van der Waals surface area contributed by atoms with E-state index >= 15 is 0 Å². The zero-order valence-corrected chi connectivity index (χ0v) is 12.1. The van der Waals surface area contributed by atoms with E-state index in [-0.39, 0.29) is 4.59 Å². The summed E-state index contributed by atoms with van der Waals surface area (Å²) in [5, 5.41) is 41.7. The summed E-state index contributed by atoms with van der Waals surface area (Å²) >= 11 is 0.